The zero-order valence-corrected chi connectivity index (χ0v) is 15.4. The molecule has 1 aromatic heterocycles. The number of amides is 1. The predicted octanol–water partition coefficient (Wildman–Crippen LogP) is 3.75. The maximum atomic E-state index is 13.7. The van der Waals surface area contributed by atoms with Crippen molar-refractivity contribution in [3.8, 4) is 0 Å². The van der Waals surface area contributed by atoms with Crippen LogP contribution in [-0.2, 0) is 11.8 Å². The molecule has 27 heavy (non-hydrogen) atoms. The Labute approximate surface area is 159 Å². The van der Waals surface area contributed by atoms with Crippen LogP contribution in [0.15, 0.2) is 64.9 Å². The number of imidazole rings is 1. The zero-order valence-electron chi connectivity index (χ0n) is 14.6. The largest absolute Gasteiger partial charge is 0.465 e. The molecule has 0 spiro atoms. The quantitative estimate of drug-likeness (QED) is 0.677. The van der Waals surface area contributed by atoms with E-state index in [1.807, 2.05) is 11.6 Å². The van der Waals surface area contributed by atoms with Crippen LogP contribution in [0.1, 0.15) is 20.7 Å². The van der Waals surface area contributed by atoms with Crippen LogP contribution in [0.4, 0.5) is 10.1 Å². The Hall–Kier alpha value is -3.13. The standard InChI is InChI=1S/C19H16FN3O3S/c1-23-10-9-21-19(23)27-16-8-7-14(20)11-15(16)22-17(24)12-3-5-13(6-4-12)18(25)26-2/h3-11H,1-2H3,(H,22,24). The van der Waals surface area contributed by atoms with E-state index in [4.69, 9.17) is 0 Å². The Morgan fingerprint density at radius 1 is 1.15 bits per heavy atom. The van der Waals surface area contributed by atoms with E-state index in [0.29, 0.717) is 26.9 Å². The molecule has 0 fully saturated rings. The van der Waals surface area contributed by atoms with Gasteiger partial charge >= 0.3 is 5.97 Å². The number of benzene rings is 2. The highest BCUT2D eigenvalue weighted by Crippen LogP contribution is 2.33. The van der Waals surface area contributed by atoms with Crippen molar-refractivity contribution in [3.05, 3.63) is 71.8 Å². The van der Waals surface area contributed by atoms with Gasteiger partial charge in [-0.05, 0) is 54.2 Å². The highest BCUT2D eigenvalue weighted by molar-refractivity contribution is 7.99. The van der Waals surface area contributed by atoms with E-state index in [9.17, 15) is 14.0 Å². The van der Waals surface area contributed by atoms with Crippen molar-refractivity contribution in [1.82, 2.24) is 9.55 Å². The molecule has 2 aromatic carbocycles. The van der Waals surface area contributed by atoms with Gasteiger partial charge in [-0.2, -0.15) is 0 Å². The van der Waals surface area contributed by atoms with Gasteiger partial charge in [0.25, 0.3) is 5.91 Å². The summed E-state index contributed by atoms with van der Waals surface area (Å²) in [5.41, 5.74) is 1.01. The molecule has 0 saturated heterocycles. The van der Waals surface area contributed by atoms with Gasteiger partial charge in [0, 0.05) is 29.9 Å². The zero-order chi connectivity index (χ0) is 19.4. The number of anilines is 1. The van der Waals surface area contributed by atoms with Gasteiger partial charge in [0.1, 0.15) is 5.82 Å². The first-order chi connectivity index (χ1) is 13.0. The minimum absolute atomic E-state index is 0.333. The number of methoxy groups -OCH3 is 1. The Morgan fingerprint density at radius 2 is 1.85 bits per heavy atom. The van der Waals surface area contributed by atoms with E-state index < -0.39 is 17.7 Å². The molecular formula is C19H16FN3O3S. The number of aryl methyl sites for hydroxylation is 1. The Morgan fingerprint density at radius 3 is 2.48 bits per heavy atom. The fourth-order valence-corrected chi connectivity index (χ4v) is 3.18. The average Bonchev–Trinajstić information content (AvgIpc) is 3.08. The van der Waals surface area contributed by atoms with E-state index in [0.717, 1.165) is 0 Å². The second-order valence-corrected chi connectivity index (χ2v) is 6.60. The summed E-state index contributed by atoms with van der Waals surface area (Å²) in [6.07, 6.45) is 3.46. The number of carbonyl (C=O) groups excluding carboxylic acids is 2. The fraction of sp³-hybridized carbons (Fsp3) is 0.105. The van der Waals surface area contributed by atoms with Crippen LogP contribution in [0.2, 0.25) is 0 Å². The molecule has 0 unspecified atom stereocenters. The lowest BCUT2D eigenvalue weighted by Crippen LogP contribution is -2.13. The maximum Gasteiger partial charge on any atom is 0.337 e. The number of nitrogens with one attached hydrogen (secondary N) is 1. The van der Waals surface area contributed by atoms with Crippen molar-refractivity contribution in [2.45, 2.75) is 10.1 Å². The molecule has 3 aromatic rings. The molecule has 1 heterocycles. The number of aromatic nitrogens is 2. The van der Waals surface area contributed by atoms with Crippen LogP contribution in [-0.4, -0.2) is 28.5 Å². The first-order valence-corrected chi connectivity index (χ1v) is 8.74. The van der Waals surface area contributed by atoms with Crippen molar-refractivity contribution in [2.24, 2.45) is 7.05 Å². The van der Waals surface area contributed by atoms with Crippen molar-refractivity contribution >= 4 is 29.3 Å². The summed E-state index contributed by atoms with van der Waals surface area (Å²) in [6, 6.07) is 10.2. The number of nitrogens with zero attached hydrogens (tertiary/aromatic N) is 2. The Balaban J connectivity index is 1.82. The molecule has 0 aliphatic carbocycles. The maximum absolute atomic E-state index is 13.7. The Kier molecular flexibility index (Phi) is 5.56. The third kappa shape index (κ3) is 4.35. The van der Waals surface area contributed by atoms with Gasteiger partial charge in [-0.15, -0.1) is 0 Å². The molecule has 0 saturated carbocycles. The predicted molar refractivity (Wildman–Crippen MR) is 99.5 cm³/mol. The topological polar surface area (TPSA) is 73.2 Å². The SMILES string of the molecule is COC(=O)c1ccc(C(=O)Nc2cc(F)ccc2Sc2nccn2C)cc1. The molecule has 0 atom stereocenters. The molecule has 0 radical (unpaired) electrons. The van der Waals surface area contributed by atoms with Crippen molar-refractivity contribution in [3.63, 3.8) is 0 Å². The van der Waals surface area contributed by atoms with Crippen molar-refractivity contribution < 1.29 is 18.7 Å². The number of rotatable bonds is 5. The van der Waals surface area contributed by atoms with E-state index in [-0.39, 0.29) is 0 Å². The second-order valence-electron chi connectivity index (χ2n) is 5.59. The Bertz CT molecular complexity index is 986. The number of carbonyl (C=O) groups is 2. The number of hydrogen-bond acceptors (Lipinski definition) is 5. The van der Waals surface area contributed by atoms with Gasteiger partial charge in [0.15, 0.2) is 5.16 Å². The summed E-state index contributed by atoms with van der Waals surface area (Å²) < 4.78 is 20.2. The summed E-state index contributed by atoms with van der Waals surface area (Å²) in [4.78, 5) is 28.9. The monoisotopic (exact) mass is 385 g/mol. The molecule has 0 bridgehead atoms. The highest BCUT2D eigenvalue weighted by atomic mass is 32.2. The van der Waals surface area contributed by atoms with Gasteiger partial charge in [0.2, 0.25) is 0 Å². The van der Waals surface area contributed by atoms with E-state index in [1.54, 1.807) is 18.5 Å². The van der Waals surface area contributed by atoms with Crippen LogP contribution in [0.5, 0.6) is 0 Å². The number of hydrogen-bond donors (Lipinski definition) is 1. The van der Waals surface area contributed by atoms with E-state index in [1.165, 1.54) is 55.3 Å². The third-order valence-electron chi connectivity index (χ3n) is 3.74. The van der Waals surface area contributed by atoms with Gasteiger partial charge in [-0.1, -0.05) is 0 Å². The normalized spacial score (nSPS) is 10.5. The second kappa shape index (κ2) is 8.05. The fourth-order valence-electron chi connectivity index (χ4n) is 2.31. The van der Waals surface area contributed by atoms with E-state index in [2.05, 4.69) is 15.0 Å². The highest BCUT2D eigenvalue weighted by Gasteiger charge is 2.14. The number of ether oxygens (including phenoxy) is 1. The van der Waals surface area contributed by atoms with Crippen molar-refractivity contribution in [2.75, 3.05) is 12.4 Å². The van der Waals surface area contributed by atoms with Crippen molar-refractivity contribution in [1.29, 1.82) is 0 Å². The number of esters is 1. The first kappa shape index (κ1) is 18.7. The summed E-state index contributed by atoms with van der Waals surface area (Å²) in [5, 5.41) is 3.42. The summed E-state index contributed by atoms with van der Waals surface area (Å²) >= 11 is 1.31. The van der Waals surface area contributed by atoms with Crippen LogP contribution < -0.4 is 5.32 Å². The summed E-state index contributed by atoms with van der Waals surface area (Å²) in [7, 11) is 3.13. The molecule has 6 nitrogen and oxygen atoms in total. The molecule has 0 aliphatic heterocycles. The van der Waals surface area contributed by atoms with Gasteiger partial charge in [-0.25, -0.2) is 14.2 Å². The molecule has 1 N–H and O–H groups in total. The average molecular weight is 385 g/mol. The lowest BCUT2D eigenvalue weighted by molar-refractivity contribution is 0.0600. The smallest absolute Gasteiger partial charge is 0.337 e. The lowest BCUT2D eigenvalue weighted by atomic mass is 10.1. The van der Waals surface area contributed by atoms with Crippen LogP contribution in [0.3, 0.4) is 0 Å². The minimum atomic E-state index is -0.485. The summed E-state index contributed by atoms with van der Waals surface area (Å²) in [5.74, 6) is -1.37. The number of halogens is 1. The molecule has 0 aliphatic rings. The first-order valence-electron chi connectivity index (χ1n) is 7.92. The molecular weight excluding hydrogens is 369 g/mol. The molecule has 3 rings (SSSR count). The third-order valence-corrected chi connectivity index (χ3v) is 4.89. The minimum Gasteiger partial charge on any atom is -0.465 e. The molecule has 8 heteroatoms. The van der Waals surface area contributed by atoms with E-state index >= 15 is 0 Å². The molecule has 138 valence electrons. The van der Waals surface area contributed by atoms with Gasteiger partial charge in [-0.3, -0.25) is 4.79 Å². The lowest BCUT2D eigenvalue weighted by Gasteiger charge is -2.11. The van der Waals surface area contributed by atoms with Crippen LogP contribution in [0.25, 0.3) is 0 Å². The summed E-state index contributed by atoms with van der Waals surface area (Å²) in [6.45, 7) is 0. The van der Waals surface area contributed by atoms with Crippen LogP contribution >= 0.6 is 11.8 Å². The van der Waals surface area contributed by atoms with Crippen LogP contribution in [0, 0.1) is 5.82 Å². The van der Waals surface area contributed by atoms with Gasteiger partial charge < -0.3 is 14.6 Å². The van der Waals surface area contributed by atoms with Gasteiger partial charge in [0.05, 0.1) is 18.4 Å². The molecule has 1 amide bonds.